The Morgan fingerprint density at radius 1 is 1.32 bits per heavy atom. The van der Waals surface area contributed by atoms with Crippen LogP contribution in [0, 0.1) is 6.92 Å². The maximum absolute atomic E-state index is 11.9. The lowest BCUT2D eigenvalue weighted by molar-refractivity contribution is 0.367. The van der Waals surface area contributed by atoms with Crippen LogP contribution < -0.4 is 5.76 Å². The Morgan fingerprint density at radius 2 is 2.09 bits per heavy atom. The van der Waals surface area contributed by atoms with E-state index >= 15 is 0 Å². The van der Waals surface area contributed by atoms with E-state index in [4.69, 9.17) is 13.4 Å². The van der Waals surface area contributed by atoms with Gasteiger partial charge in [0.15, 0.2) is 11.6 Å². The first-order valence-corrected chi connectivity index (χ1v) is 6.93. The summed E-state index contributed by atoms with van der Waals surface area (Å²) in [5.41, 5.74) is 0.329. The largest absolute Gasteiger partial charge is 0.459 e. The first-order valence-electron chi connectivity index (χ1n) is 6.93. The van der Waals surface area contributed by atoms with Crippen molar-refractivity contribution in [2.24, 2.45) is 0 Å². The number of nitrogens with zero attached hydrogens (tertiary/aromatic N) is 3. The average Bonchev–Trinajstić information content (AvgIpc) is 3.11. The SMILES string of the molecule is Cc1oc(-c2ccco2)nc1Cn1c(C(C)(C)C)noc1=O. The molecule has 0 saturated heterocycles. The molecule has 0 amide bonds. The Hall–Kier alpha value is -2.57. The summed E-state index contributed by atoms with van der Waals surface area (Å²) in [6.45, 7) is 7.93. The predicted molar refractivity (Wildman–Crippen MR) is 77.5 cm³/mol. The summed E-state index contributed by atoms with van der Waals surface area (Å²) in [5.74, 6) is 1.62. The number of aromatic nitrogens is 3. The van der Waals surface area contributed by atoms with E-state index < -0.39 is 5.76 Å². The monoisotopic (exact) mass is 303 g/mol. The highest BCUT2D eigenvalue weighted by atomic mass is 16.5. The van der Waals surface area contributed by atoms with E-state index in [0.29, 0.717) is 28.9 Å². The van der Waals surface area contributed by atoms with E-state index in [2.05, 4.69) is 10.1 Å². The van der Waals surface area contributed by atoms with Crippen LogP contribution >= 0.6 is 0 Å². The second kappa shape index (κ2) is 5.01. The maximum atomic E-state index is 11.9. The van der Waals surface area contributed by atoms with Crippen molar-refractivity contribution in [1.82, 2.24) is 14.7 Å². The van der Waals surface area contributed by atoms with Crippen LogP contribution in [0.3, 0.4) is 0 Å². The smallest absolute Gasteiger partial charge is 0.441 e. The van der Waals surface area contributed by atoms with Crippen LogP contribution in [0.5, 0.6) is 0 Å². The minimum Gasteiger partial charge on any atom is -0.459 e. The number of hydrogen-bond acceptors (Lipinski definition) is 6. The van der Waals surface area contributed by atoms with Gasteiger partial charge in [0.25, 0.3) is 5.89 Å². The molecule has 0 aliphatic carbocycles. The Kier molecular flexibility index (Phi) is 3.27. The third-order valence-corrected chi connectivity index (χ3v) is 3.29. The predicted octanol–water partition coefficient (Wildman–Crippen LogP) is 2.74. The number of furan rings is 1. The fraction of sp³-hybridized carbons (Fsp3) is 0.400. The van der Waals surface area contributed by atoms with Gasteiger partial charge in [-0.05, 0) is 19.1 Å². The first-order chi connectivity index (χ1) is 10.4. The van der Waals surface area contributed by atoms with E-state index in [0.717, 1.165) is 0 Å². The molecule has 0 radical (unpaired) electrons. The number of hydrogen-bond donors (Lipinski definition) is 0. The molecular formula is C15H17N3O4. The molecule has 0 aliphatic rings. The molecule has 3 aromatic rings. The van der Waals surface area contributed by atoms with Gasteiger partial charge in [-0.2, -0.15) is 0 Å². The van der Waals surface area contributed by atoms with Crippen molar-refractivity contribution >= 4 is 0 Å². The summed E-state index contributed by atoms with van der Waals surface area (Å²) in [5, 5.41) is 3.87. The van der Waals surface area contributed by atoms with Crippen molar-refractivity contribution in [3.63, 3.8) is 0 Å². The molecule has 22 heavy (non-hydrogen) atoms. The standard InChI is InChI=1S/C15H17N3O4/c1-9-10(16-12(21-9)11-6-5-7-20-11)8-18-13(15(2,3)4)17-22-14(18)19/h5-7H,8H2,1-4H3. The second-order valence-corrected chi connectivity index (χ2v) is 6.11. The zero-order chi connectivity index (χ0) is 15.9. The summed E-state index contributed by atoms with van der Waals surface area (Å²) in [4.78, 5) is 16.3. The van der Waals surface area contributed by atoms with Gasteiger partial charge in [-0.15, -0.1) is 0 Å². The fourth-order valence-electron chi connectivity index (χ4n) is 2.18. The Labute approximate surface area is 126 Å². The molecule has 0 aliphatic heterocycles. The summed E-state index contributed by atoms with van der Waals surface area (Å²) >= 11 is 0. The molecule has 0 unspecified atom stereocenters. The fourth-order valence-corrected chi connectivity index (χ4v) is 2.18. The third-order valence-electron chi connectivity index (χ3n) is 3.29. The van der Waals surface area contributed by atoms with Gasteiger partial charge in [-0.1, -0.05) is 25.9 Å². The first kappa shape index (κ1) is 14.4. The van der Waals surface area contributed by atoms with E-state index in [1.807, 2.05) is 20.8 Å². The Morgan fingerprint density at radius 3 is 2.73 bits per heavy atom. The van der Waals surface area contributed by atoms with Crippen LogP contribution in [-0.4, -0.2) is 14.7 Å². The maximum Gasteiger partial charge on any atom is 0.441 e. The molecule has 7 heteroatoms. The second-order valence-electron chi connectivity index (χ2n) is 6.11. The average molecular weight is 303 g/mol. The van der Waals surface area contributed by atoms with Gasteiger partial charge in [0.1, 0.15) is 11.5 Å². The minimum absolute atomic E-state index is 0.241. The van der Waals surface area contributed by atoms with Crippen molar-refractivity contribution < 1.29 is 13.4 Å². The van der Waals surface area contributed by atoms with E-state index in [1.54, 1.807) is 25.3 Å². The molecule has 3 aromatic heterocycles. The zero-order valence-electron chi connectivity index (χ0n) is 12.9. The molecule has 0 atom stereocenters. The molecule has 0 bridgehead atoms. The van der Waals surface area contributed by atoms with Gasteiger partial charge < -0.3 is 8.83 Å². The molecule has 3 rings (SSSR count). The molecular weight excluding hydrogens is 286 g/mol. The lowest BCUT2D eigenvalue weighted by Crippen LogP contribution is -2.25. The van der Waals surface area contributed by atoms with Gasteiger partial charge >= 0.3 is 5.76 Å². The van der Waals surface area contributed by atoms with Crippen molar-refractivity contribution in [2.45, 2.75) is 39.7 Å². The molecule has 7 nitrogen and oxygen atoms in total. The van der Waals surface area contributed by atoms with Crippen LogP contribution in [0.4, 0.5) is 0 Å². The van der Waals surface area contributed by atoms with E-state index in [9.17, 15) is 4.79 Å². The zero-order valence-corrected chi connectivity index (χ0v) is 12.9. The Bertz CT molecular complexity index is 831. The molecule has 0 fully saturated rings. The summed E-state index contributed by atoms with van der Waals surface area (Å²) in [7, 11) is 0. The van der Waals surface area contributed by atoms with Crippen molar-refractivity contribution in [3.05, 3.63) is 46.2 Å². The number of aryl methyl sites for hydroxylation is 1. The summed E-state index contributed by atoms with van der Waals surface area (Å²) < 4.78 is 17.1. The quantitative estimate of drug-likeness (QED) is 0.739. The van der Waals surface area contributed by atoms with Gasteiger partial charge in [0, 0.05) is 5.41 Å². The van der Waals surface area contributed by atoms with E-state index in [-0.39, 0.29) is 12.0 Å². The molecule has 0 spiro atoms. The van der Waals surface area contributed by atoms with Crippen LogP contribution in [0.1, 0.15) is 38.0 Å². The summed E-state index contributed by atoms with van der Waals surface area (Å²) in [6, 6.07) is 3.53. The highest BCUT2D eigenvalue weighted by molar-refractivity contribution is 5.44. The van der Waals surface area contributed by atoms with Crippen LogP contribution in [-0.2, 0) is 12.0 Å². The number of rotatable bonds is 3. The molecule has 116 valence electrons. The highest BCUT2D eigenvalue weighted by Gasteiger charge is 2.25. The molecule has 0 aromatic carbocycles. The van der Waals surface area contributed by atoms with Gasteiger partial charge in [-0.25, -0.2) is 9.78 Å². The molecule has 0 N–H and O–H groups in total. The molecule has 0 saturated carbocycles. The topological polar surface area (TPSA) is 87.2 Å². The normalized spacial score (nSPS) is 12.0. The lowest BCUT2D eigenvalue weighted by atomic mass is 9.96. The number of oxazole rings is 1. The van der Waals surface area contributed by atoms with Crippen LogP contribution in [0.15, 0.2) is 36.5 Å². The van der Waals surface area contributed by atoms with Gasteiger partial charge in [0.05, 0.1) is 12.8 Å². The summed E-state index contributed by atoms with van der Waals surface area (Å²) in [6.07, 6.45) is 1.55. The van der Waals surface area contributed by atoms with Gasteiger partial charge in [0.2, 0.25) is 0 Å². The van der Waals surface area contributed by atoms with Crippen molar-refractivity contribution in [2.75, 3.05) is 0 Å². The minimum atomic E-state index is -0.508. The van der Waals surface area contributed by atoms with Gasteiger partial charge in [-0.3, -0.25) is 9.09 Å². The van der Waals surface area contributed by atoms with Crippen LogP contribution in [0.25, 0.3) is 11.7 Å². The van der Waals surface area contributed by atoms with Crippen LogP contribution in [0.2, 0.25) is 0 Å². The lowest BCUT2D eigenvalue weighted by Gasteiger charge is -2.16. The van der Waals surface area contributed by atoms with Crippen molar-refractivity contribution in [1.29, 1.82) is 0 Å². The van der Waals surface area contributed by atoms with Crippen molar-refractivity contribution in [3.8, 4) is 11.7 Å². The highest BCUT2D eigenvalue weighted by Crippen LogP contribution is 2.24. The van der Waals surface area contributed by atoms with E-state index in [1.165, 1.54) is 4.57 Å². The Balaban J connectivity index is 1.98. The molecule has 3 heterocycles. The third kappa shape index (κ3) is 2.49.